The zero-order chi connectivity index (χ0) is 16.5. The van der Waals surface area contributed by atoms with Gasteiger partial charge in [0.05, 0.1) is 5.56 Å². The van der Waals surface area contributed by atoms with Crippen molar-refractivity contribution in [2.75, 3.05) is 18.9 Å². The van der Waals surface area contributed by atoms with Crippen LogP contribution in [0.3, 0.4) is 0 Å². The summed E-state index contributed by atoms with van der Waals surface area (Å²) in [6.45, 7) is 2.21. The molecule has 0 aliphatic rings. The van der Waals surface area contributed by atoms with Crippen molar-refractivity contribution in [3.63, 3.8) is 0 Å². The molecule has 2 aromatic rings. The lowest BCUT2D eigenvalue weighted by molar-refractivity contribution is -0.124. The maximum absolute atomic E-state index is 11.8. The van der Waals surface area contributed by atoms with E-state index in [1.54, 1.807) is 23.9 Å². The summed E-state index contributed by atoms with van der Waals surface area (Å²) in [5.41, 5.74) is 1.51. The number of hydrogen-bond donors (Lipinski definition) is 1. The van der Waals surface area contributed by atoms with Crippen LogP contribution in [-0.4, -0.2) is 30.8 Å². The highest BCUT2D eigenvalue weighted by Crippen LogP contribution is 2.15. The molecule has 0 heterocycles. The lowest BCUT2D eigenvalue weighted by Gasteiger charge is -2.07. The van der Waals surface area contributed by atoms with Gasteiger partial charge in [-0.15, -0.1) is 11.8 Å². The molecule has 2 aromatic carbocycles. The summed E-state index contributed by atoms with van der Waals surface area (Å²) in [7, 11) is 0. The van der Waals surface area contributed by atoms with Crippen LogP contribution in [0.5, 0.6) is 0 Å². The molecule has 2 rings (SSSR count). The van der Waals surface area contributed by atoms with E-state index in [2.05, 4.69) is 5.32 Å². The van der Waals surface area contributed by atoms with E-state index in [4.69, 9.17) is 4.74 Å². The Bertz CT molecular complexity index is 641. The number of carbonyl (C=O) groups excluding carboxylic acids is 2. The van der Waals surface area contributed by atoms with Crippen molar-refractivity contribution in [2.45, 2.75) is 11.8 Å². The molecule has 0 aliphatic carbocycles. The Morgan fingerprint density at radius 3 is 2.43 bits per heavy atom. The van der Waals surface area contributed by atoms with Gasteiger partial charge in [0, 0.05) is 17.2 Å². The van der Waals surface area contributed by atoms with Crippen LogP contribution in [0.15, 0.2) is 59.5 Å². The summed E-state index contributed by atoms with van der Waals surface area (Å²) in [6, 6.07) is 17.0. The van der Waals surface area contributed by atoms with Crippen LogP contribution in [0, 0.1) is 6.92 Å². The first kappa shape index (κ1) is 17.1. The van der Waals surface area contributed by atoms with E-state index in [9.17, 15) is 9.59 Å². The normalized spacial score (nSPS) is 10.1. The minimum absolute atomic E-state index is 0.261. The summed E-state index contributed by atoms with van der Waals surface area (Å²) in [4.78, 5) is 24.6. The van der Waals surface area contributed by atoms with E-state index in [1.165, 1.54) is 0 Å². The fourth-order valence-corrected chi connectivity index (χ4v) is 2.62. The van der Waals surface area contributed by atoms with Crippen molar-refractivity contribution in [1.29, 1.82) is 0 Å². The van der Waals surface area contributed by atoms with Gasteiger partial charge < -0.3 is 10.1 Å². The molecule has 1 amide bonds. The molecule has 23 heavy (non-hydrogen) atoms. The molecule has 0 saturated heterocycles. The van der Waals surface area contributed by atoms with Gasteiger partial charge in [-0.1, -0.05) is 35.9 Å². The Kier molecular flexibility index (Phi) is 6.69. The number of rotatable bonds is 7. The van der Waals surface area contributed by atoms with Gasteiger partial charge in [-0.2, -0.15) is 0 Å². The highest BCUT2D eigenvalue weighted by molar-refractivity contribution is 7.99. The topological polar surface area (TPSA) is 55.4 Å². The Labute approximate surface area is 140 Å². The predicted molar refractivity (Wildman–Crippen MR) is 91.6 cm³/mol. The molecule has 0 aromatic heterocycles. The molecule has 0 aliphatic heterocycles. The van der Waals surface area contributed by atoms with Crippen LogP contribution in [0.4, 0.5) is 0 Å². The van der Waals surface area contributed by atoms with Crippen molar-refractivity contribution < 1.29 is 14.3 Å². The van der Waals surface area contributed by atoms with Crippen LogP contribution in [0.25, 0.3) is 0 Å². The van der Waals surface area contributed by atoms with E-state index in [-0.39, 0.29) is 12.5 Å². The zero-order valence-electron chi connectivity index (χ0n) is 13.0. The van der Waals surface area contributed by atoms with Crippen LogP contribution in [0.2, 0.25) is 0 Å². The molecule has 0 radical (unpaired) electrons. The molecule has 0 atom stereocenters. The number of ether oxygens (including phenoxy) is 1. The summed E-state index contributed by atoms with van der Waals surface area (Å²) >= 11 is 1.66. The Balaban J connectivity index is 1.63. The second kappa shape index (κ2) is 9.00. The molecule has 5 heteroatoms. The van der Waals surface area contributed by atoms with Crippen LogP contribution in [-0.2, 0) is 9.53 Å². The van der Waals surface area contributed by atoms with Crippen molar-refractivity contribution in [2.24, 2.45) is 0 Å². The fourth-order valence-electron chi connectivity index (χ4n) is 1.83. The summed E-state index contributed by atoms with van der Waals surface area (Å²) < 4.78 is 4.99. The Morgan fingerprint density at radius 2 is 1.74 bits per heavy atom. The lowest BCUT2D eigenvalue weighted by Crippen LogP contribution is -2.30. The Morgan fingerprint density at radius 1 is 1.04 bits per heavy atom. The zero-order valence-corrected chi connectivity index (χ0v) is 13.8. The van der Waals surface area contributed by atoms with E-state index in [1.807, 2.05) is 49.4 Å². The third-order valence-corrected chi connectivity index (χ3v) is 4.07. The summed E-state index contributed by atoms with van der Waals surface area (Å²) in [6.07, 6.45) is 0. The first-order valence-corrected chi connectivity index (χ1v) is 8.32. The summed E-state index contributed by atoms with van der Waals surface area (Å²) in [5, 5.41) is 2.73. The molecular weight excluding hydrogens is 310 g/mol. The van der Waals surface area contributed by atoms with Gasteiger partial charge in [0.2, 0.25) is 0 Å². The van der Waals surface area contributed by atoms with Gasteiger partial charge in [0.15, 0.2) is 6.61 Å². The quantitative estimate of drug-likeness (QED) is 0.482. The number of carbonyl (C=O) groups is 2. The van der Waals surface area contributed by atoms with Gasteiger partial charge >= 0.3 is 5.97 Å². The van der Waals surface area contributed by atoms with E-state index >= 15 is 0 Å². The van der Waals surface area contributed by atoms with Gasteiger partial charge in [0.25, 0.3) is 5.91 Å². The average Bonchev–Trinajstić information content (AvgIpc) is 2.58. The van der Waals surface area contributed by atoms with Gasteiger partial charge in [0.1, 0.15) is 0 Å². The average molecular weight is 329 g/mol. The third-order valence-electron chi connectivity index (χ3n) is 3.06. The van der Waals surface area contributed by atoms with Gasteiger partial charge in [-0.25, -0.2) is 4.79 Å². The summed E-state index contributed by atoms with van der Waals surface area (Å²) in [5.74, 6) is -0.0142. The minimum Gasteiger partial charge on any atom is -0.452 e. The van der Waals surface area contributed by atoms with E-state index in [0.29, 0.717) is 12.1 Å². The number of thioether (sulfide) groups is 1. The molecule has 0 bridgehead atoms. The maximum Gasteiger partial charge on any atom is 0.338 e. The van der Waals surface area contributed by atoms with E-state index in [0.717, 1.165) is 16.2 Å². The highest BCUT2D eigenvalue weighted by Gasteiger charge is 2.09. The predicted octanol–water partition coefficient (Wildman–Crippen LogP) is 3.06. The minimum atomic E-state index is -0.487. The Hall–Kier alpha value is -2.27. The highest BCUT2D eigenvalue weighted by atomic mass is 32.2. The van der Waals surface area contributed by atoms with Crippen molar-refractivity contribution in [3.05, 3.63) is 65.7 Å². The maximum atomic E-state index is 11.8. The van der Waals surface area contributed by atoms with Gasteiger partial charge in [-0.05, 0) is 31.2 Å². The second-order valence-electron chi connectivity index (χ2n) is 4.95. The second-order valence-corrected chi connectivity index (χ2v) is 6.12. The molecule has 1 N–H and O–H groups in total. The molecule has 0 fully saturated rings. The van der Waals surface area contributed by atoms with E-state index < -0.39 is 5.97 Å². The number of benzene rings is 2. The van der Waals surface area contributed by atoms with Gasteiger partial charge in [-0.3, -0.25) is 4.79 Å². The number of amides is 1. The number of esters is 1. The largest absolute Gasteiger partial charge is 0.452 e. The van der Waals surface area contributed by atoms with Crippen LogP contribution >= 0.6 is 11.8 Å². The molecule has 4 nitrogen and oxygen atoms in total. The number of hydrogen-bond acceptors (Lipinski definition) is 4. The molecule has 0 saturated carbocycles. The van der Waals surface area contributed by atoms with Crippen LogP contribution in [0.1, 0.15) is 15.9 Å². The monoisotopic (exact) mass is 329 g/mol. The first-order chi connectivity index (χ1) is 11.1. The SMILES string of the molecule is Cc1ccc(C(=O)OCC(=O)NCCSc2ccccc2)cc1. The first-order valence-electron chi connectivity index (χ1n) is 7.33. The molecule has 0 unspecified atom stereocenters. The molecule has 120 valence electrons. The van der Waals surface area contributed by atoms with Crippen LogP contribution < -0.4 is 5.32 Å². The molecule has 0 spiro atoms. The van der Waals surface area contributed by atoms with Crippen molar-refractivity contribution in [3.8, 4) is 0 Å². The van der Waals surface area contributed by atoms with Crippen molar-refractivity contribution in [1.82, 2.24) is 5.32 Å². The lowest BCUT2D eigenvalue weighted by atomic mass is 10.1. The smallest absolute Gasteiger partial charge is 0.338 e. The third kappa shape index (κ3) is 6.16. The number of aryl methyl sites for hydroxylation is 1. The standard InChI is InChI=1S/C18H19NO3S/c1-14-7-9-15(10-8-14)18(21)22-13-17(20)19-11-12-23-16-5-3-2-4-6-16/h2-10H,11-13H2,1H3,(H,19,20). The van der Waals surface area contributed by atoms with Crippen molar-refractivity contribution >= 4 is 23.6 Å². The number of nitrogens with one attached hydrogen (secondary N) is 1. The fraction of sp³-hybridized carbons (Fsp3) is 0.222. The molecular formula is C18H19NO3S.